The van der Waals surface area contributed by atoms with Crippen LogP contribution in [-0.2, 0) is 21.5 Å². The van der Waals surface area contributed by atoms with E-state index in [0.29, 0.717) is 24.9 Å². The molecule has 1 saturated heterocycles. The van der Waals surface area contributed by atoms with Gasteiger partial charge in [-0.15, -0.1) is 23.1 Å². The van der Waals surface area contributed by atoms with E-state index in [4.69, 9.17) is 4.74 Å². The monoisotopic (exact) mass is 375 g/mol. The quantitative estimate of drug-likeness (QED) is 0.749. The SMILES string of the molecule is CC(C)Sc1ccc(CC(=O)NC2(c3cccs3)CCOCC2)cc1. The highest BCUT2D eigenvalue weighted by Gasteiger charge is 2.36. The Morgan fingerprint density at radius 2 is 1.96 bits per heavy atom. The number of carbonyl (C=O) groups is 1. The Bertz CT molecular complexity index is 674. The predicted molar refractivity (Wildman–Crippen MR) is 105 cm³/mol. The zero-order valence-corrected chi connectivity index (χ0v) is 16.4. The maximum absolute atomic E-state index is 12.7. The van der Waals surface area contributed by atoms with Gasteiger partial charge in [0.25, 0.3) is 0 Å². The maximum Gasteiger partial charge on any atom is 0.225 e. The lowest BCUT2D eigenvalue weighted by Crippen LogP contribution is -2.49. The van der Waals surface area contributed by atoms with Gasteiger partial charge in [-0.05, 0) is 42.0 Å². The smallest absolute Gasteiger partial charge is 0.225 e. The topological polar surface area (TPSA) is 38.3 Å². The summed E-state index contributed by atoms with van der Waals surface area (Å²) in [5.41, 5.74) is 0.788. The third-order valence-corrected chi connectivity index (χ3v) is 6.47. The second kappa shape index (κ2) is 8.39. The molecule has 2 aromatic rings. The van der Waals surface area contributed by atoms with E-state index < -0.39 is 0 Å². The third-order valence-electron chi connectivity index (χ3n) is 4.38. The Hall–Kier alpha value is -1.30. The molecular weight excluding hydrogens is 350 g/mol. The second-order valence-electron chi connectivity index (χ2n) is 6.71. The van der Waals surface area contributed by atoms with Crippen LogP contribution < -0.4 is 5.32 Å². The first-order valence-electron chi connectivity index (χ1n) is 8.76. The van der Waals surface area contributed by atoms with Crippen molar-refractivity contribution >= 4 is 29.0 Å². The van der Waals surface area contributed by atoms with E-state index in [1.165, 1.54) is 9.77 Å². The minimum absolute atomic E-state index is 0.0829. The zero-order chi connectivity index (χ0) is 17.7. The minimum atomic E-state index is -0.267. The molecular formula is C20H25NO2S2. The number of ether oxygens (including phenoxy) is 1. The summed E-state index contributed by atoms with van der Waals surface area (Å²) in [5, 5.41) is 5.95. The van der Waals surface area contributed by atoms with Crippen molar-refractivity contribution in [3.63, 3.8) is 0 Å². The molecule has 25 heavy (non-hydrogen) atoms. The summed E-state index contributed by atoms with van der Waals surface area (Å²) in [6.07, 6.45) is 2.09. The molecule has 3 rings (SSSR count). The van der Waals surface area contributed by atoms with Gasteiger partial charge in [-0.2, -0.15) is 0 Å². The standard InChI is InChI=1S/C20H25NO2S2/c1-15(2)25-17-7-5-16(6-8-17)14-19(22)21-20(9-11-23-12-10-20)18-4-3-13-24-18/h3-8,13,15H,9-12,14H2,1-2H3,(H,21,22). The number of benzene rings is 1. The Labute approximate surface area is 158 Å². The van der Waals surface area contributed by atoms with Crippen LogP contribution in [0.25, 0.3) is 0 Å². The predicted octanol–water partition coefficient (Wildman–Crippen LogP) is 4.61. The molecule has 1 aromatic heterocycles. The van der Waals surface area contributed by atoms with E-state index in [0.717, 1.165) is 18.4 Å². The van der Waals surface area contributed by atoms with Gasteiger partial charge in [-0.1, -0.05) is 32.0 Å². The van der Waals surface area contributed by atoms with Crippen LogP contribution in [0.1, 0.15) is 37.1 Å². The number of thiophene rings is 1. The van der Waals surface area contributed by atoms with Crippen LogP contribution in [0, 0.1) is 0 Å². The van der Waals surface area contributed by atoms with Crippen molar-refractivity contribution in [2.75, 3.05) is 13.2 Å². The number of thioether (sulfide) groups is 1. The van der Waals surface area contributed by atoms with Gasteiger partial charge in [-0.3, -0.25) is 4.79 Å². The molecule has 134 valence electrons. The van der Waals surface area contributed by atoms with E-state index in [2.05, 4.69) is 60.9 Å². The fourth-order valence-corrected chi connectivity index (χ4v) is 4.94. The van der Waals surface area contributed by atoms with E-state index in [1.54, 1.807) is 11.3 Å². The molecule has 0 bridgehead atoms. The number of amides is 1. The van der Waals surface area contributed by atoms with E-state index in [1.807, 2.05) is 11.8 Å². The fourth-order valence-electron chi connectivity index (χ4n) is 3.16. The van der Waals surface area contributed by atoms with Crippen molar-refractivity contribution < 1.29 is 9.53 Å². The summed E-state index contributed by atoms with van der Waals surface area (Å²) < 4.78 is 5.52. The van der Waals surface area contributed by atoms with Crippen molar-refractivity contribution in [1.29, 1.82) is 0 Å². The van der Waals surface area contributed by atoms with Gasteiger partial charge in [-0.25, -0.2) is 0 Å². The van der Waals surface area contributed by atoms with Gasteiger partial charge in [0, 0.05) is 28.2 Å². The molecule has 1 aromatic carbocycles. The normalized spacial score (nSPS) is 16.8. The average Bonchev–Trinajstić information content (AvgIpc) is 3.12. The molecule has 2 heterocycles. The molecule has 1 N–H and O–H groups in total. The van der Waals surface area contributed by atoms with Gasteiger partial charge >= 0.3 is 0 Å². The highest BCUT2D eigenvalue weighted by molar-refractivity contribution is 7.99. The molecule has 1 aliphatic rings. The number of rotatable bonds is 6. The van der Waals surface area contributed by atoms with Crippen molar-refractivity contribution in [2.45, 2.75) is 48.8 Å². The lowest BCUT2D eigenvalue weighted by atomic mass is 9.88. The highest BCUT2D eigenvalue weighted by Crippen LogP contribution is 2.35. The minimum Gasteiger partial charge on any atom is -0.381 e. The fraction of sp³-hybridized carbons (Fsp3) is 0.450. The van der Waals surface area contributed by atoms with Gasteiger partial charge in [0.05, 0.1) is 12.0 Å². The molecule has 1 aliphatic heterocycles. The second-order valence-corrected chi connectivity index (χ2v) is 9.30. The van der Waals surface area contributed by atoms with Crippen LogP contribution in [0.5, 0.6) is 0 Å². The summed E-state index contributed by atoms with van der Waals surface area (Å²) in [6.45, 7) is 5.76. The lowest BCUT2D eigenvalue weighted by Gasteiger charge is -2.37. The van der Waals surface area contributed by atoms with Crippen molar-refractivity contribution in [3.05, 3.63) is 52.2 Å². The van der Waals surface area contributed by atoms with Crippen molar-refractivity contribution in [2.24, 2.45) is 0 Å². The molecule has 1 amide bonds. The average molecular weight is 376 g/mol. The summed E-state index contributed by atoms with van der Waals surface area (Å²) in [7, 11) is 0. The summed E-state index contributed by atoms with van der Waals surface area (Å²) >= 11 is 3.55. The Morgan fingerprint density at radius 3 is 2.56 bits per heavy atom. The molecule has 0 radical (unpaired) electrons. The first kappa shape index (κ1) is 18.5. The Balaban J connectivity index is 1.66. The maximum atomic E-state index is 12.7. The van der Waals surface area contributed by atoms with Crippen LogP contribution in [0.3, 0.4) is 0 Å². The van der Waals surface area contributed by atoms with Gasteiger partial charge in [0.15, 0.2) is 0 Å². The van der Waals surface area contributed by atoms with Crippen LogP contribution in [0.2, 0.25) is 0 Å². The number of hydrogen-bond donors (Lipinski definition) is 1. The molecule has 0 atom stereocenters. The number of hydrogen-bond acceptors (Lipinski definition) is 4. The largest absolute Gasteiger partial charge is 0.381 e. The van der Waals surface area contributed by atoms with Crippen LogP contribution in [0.4, 0.5) is 0 Å². The Kier molecular flexibility index (Phi) is 6.20. The van der Waals surface area contributed by atoms with Crippen LogP contribution in [0.15, 0.2) is 46.7 Å². The van der Waals surface area contributed by atoms with Crippen LogP contribution in [-0.4, -0.2) is 24.4 Å². The molecule has 0 unspecified atom stereocenters. The lowest BCUT2D eigenvalue weighted by molar-refractivity contribution is -0.123. The van der Waals surface area contributed by atoms with Crippen molar-refractivity contribution in [1.82, 2.24) is 5.32 Å². The summed E-state index contributed by atoms with van der Waals surface area (Å²) in [6, 6.07) is 12.5. The molecule has 0 spiro atoms. The highest BCUT2D eigenvalue weighted by atomic mass is 32.2. The number of nitrogens with one attached hydrogen (secondary N) is 1. The van der Waals surface area contributed by atoms with Crippen molar-refractivity contribution in [3.8, 4) is 0 Å². The first-order valence-corrected chi connectivity index (χ1v) is 10.5. The zero-order valence-electron chi connectivity index (χ0n) is 14.8. The molecule has 0 aliphatic carbocycles. The number of carbonyl (C=O) groups excluding carboxylic acids is 1. The van der Waals surface area contributed by atoms with E-state index in [-0.39, 0.29) is 11.4 Å². The van der Waals surface area contributed by atoms with E-state index in [9.17, 15) is 4.79 Å². The van der Waals surface area contributed by atoms with Gasteiger partial charge in [0.2, 0.25) is 5.91 Å². The summed E-state index contributed by atoms with van der Waals surface area (Å²) in [4.78, 5) is 15.2. The molecule has 0 saturated carbocycles. The molecule has 5 heteroatoms. The Morgan fingerprint density at radius 1 is 1.24 bits per heavy atom. The molecule has 3 nitrogen and oxygen atoms in total. The van der Waals surface area contributed by atoms with Gasteiger partial charge in [0.1, 0.15) is 0 Å². The summed E-state index contributed by atoms with van der Waals surface area (Å²) in [5.74, 6) is 0.0829. The van der Waals surface area contributed by atoms with Crippen LogP contribution >= 0.6 is 23.1 Å². The van der Waals surface area contributed by atoms with Gasteiger partial charge < -0.3 is 10.1 Å². The molecule has 1 fully saturated rings. The third kappa shape index (κ3) is 4.87. The first-order chi connectivity index (χ1) is 12.1. The van der Waals surface area contributed by atoms with E-state index >= 15 is 0 Å².